The largest absolute Gasteiger partial charge is 0.477 e. The zero-order valence-corrected chi connectivity index (χ0v) is 16.7. The smallest absolute Gasteiger partial charge is 0.213 e. The van der Waals surface area contributed by atoms with Gasteiger partial charge >= 0.3 is 0 Å². The summed E-state index contributed by atoms with van der Waals surface area (Å²) in [4.78, 5) is 4.43. The van der Waals surface area contributed by atoms with Crippen LogP contribution in [0.25, 0.3) is 0 Å². The maximum atomic E-state index is 10.1. The fourth-order valence-electron chi connectivity index (χ4n) is 2.88. The Hall–Kier alpha value is -1.09. The number of aliphatic hydroxyl groups is 1. The second-order valence-electron chi connectivity index (χ2n) is 7.73. The van der Waals surface area contributed by atoms with Gasteiger partial charge in [-0.05, 0) is 52.4 Å². The van der Waals surface area contributed by atoms with E-state index in [1.165, 1.54) is 44.9 Å². The molecule has 1 unspecified atom stereocenters. The molecular weight excluding hydrogens is 310 g/mol. The van der Waals surface area contributed by atoms with Gasteiger partial charge in [-0.3, -0.25) is 0 Å². The predicted octanol–water partition coefficient (Wildman–Crippen LogP) is 5.98. The molecule has 0 amide bonds. The number of hydrogen-bond donors (Lipinski definition) is 1. The summed E-state index contributed by atoms with van der Waals surface area (Å²) >= 11 is 0. The standard InChI is InChI=1S/C22H39NO2/c1-4-5-6-7-8-9-10-11-12-13-14-15-16-17-18-20(24)21-23-22(2,3)19-25-21/h8-9,11-12,20,24H,4-7,10,13-19H2,1-3H3/b9-8+,12-11+. The summed E-state index contributed by atoms with van der Waals surface area (Å²) in [5, 5.41) is 10.1. The van der Waals surface area contributed by atoms with Crippen LogP contribution in [0.5, 0.6) is 0 Å². The molecule has 0 saturated carbocycles. The van der Waals surface area contributed by atoms with Crippen molar-refractivity contribution in [2.24, 2.45) is 4.99 Å². The minimum Gasteiger partial charge on any atom is -0.477 e. The van der Waals surface area contributed by atoms with E-state index in [-0.39, 0.29) is 5.54 Å². The molecule has 1 heterocycles. The summed E-state index contributed by atoms with van der Waals surface area (Å²) in [5.41, 5.74) is -0.173. The van der Waals surface area contributed by atoms with Crippen LogP contribution in [0, 0.1) is 0 Å². The van der Waals surface area contributed by atoms with E-state index in [1.54, 1.807) is 0 Å². The number of allylic oxidation sites excluding steroid dienone is 4. The van der Waals surface area contributed by atoms with Gasteiger partial charge in [0.05, 0.1) is 5.54 Å². The Balaban J connectivity index is 1.92. The van der Waals surface area contributed by atoms with Crippen LogP contribution in [-0.4, -0.2) is 29.3 Å². The molecule has 1 N–H and O–H groups in total. The maximum absolute atomic E-state index is 10.1. The Bertz CT molecular complexity index is 424. The molecule has 3 nitrogen and oxygen atoms in total. The predicted molar refractivity (Wildman–Crippen MR) is 108 cm³/mol. The van der Waals surface area contributed by atoms with Gasteiger partial charge in [0.15, 0.2) is 0 Å². The lowest BCUT2D eigenvalue weighted by Gasteiger charge is -2.09. The van der Waals surface area contributed by atoms with E-state index in [2.05, 4.69) is 36.2 Å². The van der Waals surface area contributed by atoms with E-state index in [0.717, 1.165) is 25.7 Å². The van der Waals surface area contributed by atoms with Gasteiger partial charge in [-0.25, -0.2) is 4.99 Å². The average Bonchev–Trinajstić information content (AvgIpc) is 2.95. The van der Waals surface area contributed by atoms with Crippen molar-refractivity contribution in [2.75, 3.05) is 6.61 Å². The fraction of sp³-hybridized carbons (Fsp3) is 0.773. The van der Waals surface area contributed by atoms with E-state index < -0.39 is 6.10 Å². The van der Waals surface area contributed by atoms with Crippen molar-refractivity contribution < 1.29 is 9.84 Å². The summed E-state index contributed by atoms with van der Waals surface area (Å²) in [6.07, 6.45) is 21.5. The first-order valence-corrected chi connectivity index (χ1v) is 10.3. The van der Waals surface area contributed by atoms with E-state index >= 15 is 0 Å². The van der Waals surface area contributed by atoms with Crippen LogP contribution >= 0.6 is 0 Å². The van der Waals surface area contributed by atoms with Crippen LogP contribution < -0.4 is 0 Å². The van der Waals surface area contributed by atoms with Crippen molar-refractivity contribution in [3.63, 3.8) is 0 Å². The van der Waals surface area contributed by atoms with Crippen molar-refractivity contribution in [1.82, 2.24) is 0 Å². The first-order valence-electron chi connectivity index (χ1n) is 10.3. The highest BCUT2D eigenvalue weighted by Gasteiger charge is 2.29. The molecule has 0 spiro atoms. The van der Waals surface area contributed by atoms with Gasteiger partial charge in [0.1, 0.15) is 12.7 Å². The zero-order valence-electron chi connectivity index (χ0n) is 16.7. The Morgan fingerprint density at radius 2 is 1.64 bits per heavy atom. The van der Waals surface area contributed by atoms with Crippen molar-refractivity contribution in [2.45, 2.75) is 103 Å². The van der Waals surface area contributed by atoms with Gasteiger partial charge < -0.3 is 9.84 Å². The molecule has 0 aromatic rings. The Morgan fingerprint density at radius 1 is 1.00 bits per heavy atom. The van der Waals surface area contributed by atoms with Crippen LogP contribution in [0.1, 0.15) is 91.4 Å². The van der Waals surface area contributed by atoms with E-state index in [9.17, 15) is 5.11 Å². The molecule has 25 heavy (non-hydrogen) atoms. The van der Waals surface area contributed by atoms with Gasteiger partial charge in [-0.15, -0.1) is 0 Å². The van der Waals surface area contributed by atoms with E-state index in [4.69, 9.17) is 4.74 Å². The summed E-state index contributed by atoms with van der Waals surface area (Å²) in [6, 6.07) is 0. The monoisotopic (exact) mass is 349 g/mol. The van der Waals surface area contributed by atoms with Gasteiger partial charge in [-0.2, -0.15) is 0 Å². The third kappa shape index (κ3) is 11.2. The van der Waals surface area contributed by atoms with Crippen LogP contribution in [0.4, 0.5) is 0 Å². The number of unbranched alkanes of at least 4 members (excludes halogenated alkanes) is 7. The molecule has 0 fully saturated rings. The quantitative estimate of drug-likeness (QED) is 0.310. The number of ether oxygens (including phenoxy) is 1. The Labute approximate surface area is 155 Å². The van der Waals surface area contributed by atoms with Crippen LogP contribution in [-0.2, 0) is 4.74 Å². The lowest BCUT2D eigenvalue weighted by Crippen LogP contribution is -2.20. The second kappa shape index (κ2) is 13.2. The highest BCUT2D eigenvalue weighted by atomic mass is 16.5. The SMILES string of the molecule is CCCCC/C=C/C/C=C/CCCCCCC(O)C1=NC(C)(C)CO1. The molecule has 0 aliphatic carbocycles. The van der Waals surface area contributed by atoms with Gasteiger partial charge in [0.25, 0.3) is 0 Å². The van der Waals surface area contributed by atoms with Crippen molar-refractivity contribution in [1.29, 1.82) is 0 Å². The summed E-state index contributed by atoms with van der Waals surface area (Å²) in [7, 11) is 0. The molecular formula is C22H39NO2. The summed E-state index contributed by atoms with van der Waals surface area (Å²) < 4.78 is 5.48. The molecule has 0 bridgehead atoms. The van der Waals surface area contributed by atoms with E-state index in [1.807, 2.05) is 13.8 Å². The highest BCUT2D eigenvalue weighted by Crippen LogP contribution is 2.20. The lowest BCUT2D eigenvalue weighted by atomic mass is 10.1. The molecule has 1 aliphatic rings. The number of rotatable bonds is 14. The molecule has 3 heteroatoms. The molecule has 0 radical (unpaired) electrons. The summed E-state index contributed by atoms with van der Waals surface area (Å²) in [6.45, 7) is 6.89. The third-order valence-electron chi connectivity index (χ3n) is 4.45. The third-order valence-corrected chi connectivity index (χ3v) is 4.45. The molecule has 144 valence electrons. The molecule has 0 aromatic carbocycles. The number of hydrogen-bond acceptors (Lipinski definition) is 3. The molecule has 0 saturated heterocycles. The summed E-state index contributed by atoms with van der Waals surface area (Å²) in [5.74, 6) is 0.538. The molecule has 0 aromatic heterocycles. The van der Waals surface area contributed by atoms with Crippen LogP contribution in [0.3, 0.4) is 0 Å². The minimum atomic E-state index is -0.522. The molecule has 1 aliphatic heterocycles. The number of aliphatic hydroxyl groups excluding tert-OH is 1. The van der Waals surface area contributed by atoms with E-state index in [0.29, 0.717) is 12.5 Å². The maximum Gasteiger partial charge on any atom is 0.213 e. The van der Waals surface area contributed by atoms with Crippen molar-refractivity contribution >= 4 is 5.90 Å². The highest BCUT2D eigenvalue weighted by molar-refractivity contribution is 5.82. The first-order chi connectivity index (χ1) is 12.0. The van der Waals surface area contributed by atoms with Crippen LogP contribution in [0.2, 0.25) is 0 Å². The zero-order chi connectivity index (χ0) is 18.4. The minimum absolute atomic E-state index is 0.173. The Kier molecular flexibility index (Phi) is 11.6. The number of nitrogens with zero attached hydrogens (tertiary/aromatic N) is 1. The Morgan fingerprint density at radius 3 is 2.24 bits per heavy atom. The fourth-order valence-corrected chi connectivity index (χ4v) is 2.88. The second-order valence-corrected chi connectivity index (χ2v) is 7.73. The van der Waals surface area contributed by atoms with Crippen LogP contribution in [0.15, 0.2) is 29.3 Å². The van der Waals surface area contributed by atoms with Crippen molar-refractivity contribution in [3.05, 3.63) is 24.3 Å². The lowest BCUT2D eigenvalue weighted by molar-refractivity contribution is 0.180. The van der Waals surface area contributed by atoms with Gasteiger partial charge in [0.2, 0.25) is 5.90 Å². The van der Waals surface area contributed by atoms with Gasteiger partial charge in [0, 0.05) is 0 Å². The molecule has 1 atom stereocenters. The topological polar surface area (TPSA) is 41.8 Å². The van der Waals surface area contributed by atoms with Crippen molar-refractivity contribution in [3.8, 4) is 0 Å². The normalized spacial score (nSPS) is 18.0. The number of aliphatic imine (C=N–C) groups is 1. The average molecular weight is 350 g/mol. The molecule has 1 rings (SSSR count). The first kappa shape index (κ1) is 22.0. The van der Waals surface area contributed by atoms with Gasteiger partial charge in [-0.1, -0.05) is 63.3 Å².